The van der Waals surface area contributed by atoms with Gasteiger partial charge in [0.2, 0.25) is 5.62 Å². The molecule has 5 nitrogen and oxygen atoms in total. The number of fused-ring (bicyclic) bond motifs is 1. The van der Waals surface area contributed by atoms with Gasteiger partial charge in [-0.15, -0.1) is 0 Å². The Morgan fingerprint density at radius 2 is 1.44 bits per heavy atom. The van der Waals surface area contributed by atoms with E-state index in [9.17, 15) is 5.11 Å². The Hall–Kier alpha value is -3.31. The molecule has 0 aliphatic carbocycles. The third-order valence-electron chi connectivity index (χ3n) is 5.71. The molecule has 4 aromatic rings. The van der Waals surface area contributed by atoms with Crippen molar-refractivity contribution < 1.29 is 9.84 Å². The average molecular weight is 430 g/mol. The molecule has 0 unspecified atom stereocenters. The quantitative estimate of drug-likeness (QED) is 0.447. The fourth-order valence-corrected chi connectivity index (χ4v) is 3.90. The van der Waals surface area contributed by atoms with E-state index in [0.29, 0.717) is 18.7 Å². The molecule has 0 bridgehead atoms. The van der Waals surface area contributed by atoms with E-state index in [1.165, 1.54) is 5.56 Å². The van der Waals surface area contributed by atoms with E-state index in [2.05, 4.69) is 45.0 Å². The summed E-state index contributed by atoms with van der Waals surface area (Å²) in [6.07, 6.45) is -0.727. The number of hydrogen-bond acceptors (Lipinski definition) is 3. The monoisotopic (exact) mass is 429 g/mol. The van der Waals surface area contributed by atoms with Crippen LogP contribution in [0.25, 0.3) is 11.0 Å². The van der Waals surface area contributed by atoms with E-state index >= 15 is 0 Å². The molecule has 1 atom stereocenters. The Morgan fingerprint density at radius 1 is 0.844 bits per heavy atom. The summed E-state index contributed by atoms with van der Waals surface area (Å²) < 4.78 is 9.55. The molecule has 1 aromatic heterocycles. The highest BCUT2D eigenvalue weighted by Crippen LogP contribution is 2.23. The minimum absolute atomic E-state index is 0.111. The van der Waals surface area contributed by atoms with Gasteiger partial charge in [-0.05, 0) is 40.8 Å². The molecule has 32 heavy (non-hydrogen) atoms. The van der Waals surface area contributed by atoms with Gasteiger partial charge in [-0.25, -0.2) is 0 Å². The largest absolute Gasteiger partial charge is 0.491 e. The van der Waals surface area contributed by atoms with Crippen molar-refractivity contribution in [3.63, 3.8) is 0 Å². The summed E-state index contributed by atoms with van der Waals surface area (Å²) in [7, 11) is 0. The minimum Gasteiger partial charge on any atom is -0.491 e. The number of aliphatic hydroxyl groups is 1. The molecule has 4 rings (SSSR count). The van der Waals surface area contributed by atoms with Crippen LogP contribution in [0.3, 0.4) is 0 Å². The third kappa shape index (κ3) is 4.78. The highest BCUT2D eigenvalue weighted by atomic mass is 16.5. The van der Waals surface area contributed by atoms with Crippen LogP contribution < -0.4 is 10.4 Å². The summed E-state index contributed by atoms with van der Waals surface area (Å²) in [6.45, 7) is 7.69. The fourth-order valence-electron chi connectivity index (χ4n) is 3.90. The molecule has 2 N–H and O–H groups in total. The molecule has 0 saturated heterocycles. The van der Waals surface area contributed by atoms with E-state index in [0.717, 1.165) is 22.3 Å². The highest BCUT2D eigenvalue weighted by Gasteiger charge is 2.16. The van der Waals surface area contributed by atoms with Gasteiger partial charge in [0.1, 0.15) is 18.5 Å². The van der Waals surface area contributed by atoms with Gasteiger partial charge in [0.05, 0.1) is 24.1 Å². The SMILES string of the molecule is CC(C)(C)c1ccc(Cn2c(=N)n(C[C@@H](O)COc3ccccc3)c3ccccc32)cc1. The van der Waals surface area contributed by atoms with Gasteiger partial charge >= 0.3 is 0 Å². The number of nitrogens with zero attached hydrogens (tertiary/aromatic N) is 2. The zero-order valence-corrected chi connectivity index (χ0v) is 19.0. The van der Waals surface area contributed by atoms with E-state index < -0.39 is 6.10 Å². The molecular weight excluding hydrogens is 398 g/mol. The normalized spacial score (nSPS) is 12.8. The molecule has 1 heterocycles. The van der Waals surface area contributed by atoms with Crippen LogP contribution in [0.4, 0.5) is 0 Å². The van der Waals surface area contributed by atoms with Crippen molar-refractivity contribution in [2.45, 2.75) is 45.4 Å². The molecule has 0 saturated carbocycles. The Balaban J connectivity index is 1.57. The number of nitrogens with one attached hydrogen (secondary N) is 1. The van der Waals surface area contributed by atoms with Gasteiger partial charge in [0.15, 0.2) is 0 Å². The summed E-state index contributed by atoms with van der Waals surface area (Å²) in [5, 5.41) is 19.4. The van der Waals surface area contributed by atoms with Crippen molar-refractivity contribution >= 4 is 11.0 Å². The maximum Gasteiger partial charge on any atom is 0.203 e. The Morgan fingerprint density at radius 3 is 2.06 bits per heavy atom. The number of benzene rings is 3. The molecular formula is C27H31N3O2. The average Bonchev–Trinajstić information content (AvgIpc) is 3.04. The molecule has 0 aliphatic rings. The van der Waals surface area contributed by atoms with Gasteiger partial charge < -0.3 is 19.0 Å². The van der Waals surface area contributed by atoms with Crippen molar-refractivity contribution in [1.29, 1.82) is 5.41 Å². The number of ether oxygens (including phenoxy) is 1. The van der Waals surface area contributed by atoms with Gasteiger partial charge in [0.25, 0.3) is 0 Å². The zero-order chi connectivity index (χ0) is 22.7. The smallest absolute Gasteiger partial charge is 0.203 e. The molecule has 0 spiro atoms. The van der Waals surface area contributed by atoms with Crippen LogP contribution in [0.15, 0.2) is 78.9 Å². The summed E-state index contributed by atoms with van der Waals surface area (Å²) >= 11 is 0. The number of imidazole rings is 1. The molecule has 166 valence electrons. The number of rotatable bonds is 7. The number of aromatic nitrogens is 2. The van der Waals surface area contributed by atoms with Crippen LogP contribution in [0.2, 0.25) is 0 Å². The van der Waals surface area contributed by atoms with Crippen LogP contribution >= 0.6 is 0 Å². The lowest BCUT2D eigenvalue weighted by Crippen LogP contribution is -2.31. The van der Waals surface area contributed by atoms with Crippen molar-refractivity contribution in [2.24, 2.45) is 0 Å². The topological polar surface area (TPSA) is 63.2 Å². The third-order valence-corrected chi connectivity index (χ3v) is 5.71. The lowest BCUT2D eigenvalue weighted by molar-refractivity contribution is 0.0921. The van der Waals surface area contributed by atoms with E-state index in [1.807, 2.05) is 63.7 Å². The van der Waals surface area contributed by atoms with Gasteiger partial charge in [-0.3, -0.25) is 5.41 Å². The maximum absolute atomic E-state index is 10.6. The first-order chi connectivity index (χ1) is 15.3. The number of para-hydroxylation sites is 3. The highest BCUT2D eigenvalue weighted by molar-refractivity contribution is 5.76. The summed E-state index contributed by atoms with van der Waals surface area (Å²) in [5.41, 5.74) is 4.83. The second kappa shape index (κ2) is 9.05. The standard InChI is InChI=1S/C27H31N3O2/c1-27(2,3)21-15-13-20(14-16-21)17-29-24-11-7-8-12-25(24)30(26(29)28)18-22(31)19-32-23-9-5-4-6-10-23/h4-16,22,28,31H,17-19H2,1-3H3/t22-/m1/s1. The Kier molecular flexibility index (Phi) is 6.19. The van der Waals surface area contributed by atoms with Crippen LogP contribution in [-0.2, 0) is 18.5 Å². The van der Waals surface area contributed by atoms with Crippen molar-refractivity contribution in [3.8, 4) is 5.75 Å². The van der Waals surface area contributed by atoms with Gasteiger partial charge in [-0.1, -0.05) is 75.4 Å². The second-order valence-corrected chi connectivity index (χ2v) is 9.23. The van der Waals surface area contributed by atoms with E-state index in [1.54, 1.807) is 0 Å². The fraction of sp³-hybridized carbons (Fsp3) is 0.296. The van der Waals surface area contributed by atoms with Crippen molar-refractivity contribution in [2.75, 3.05) is 6.61 Å². The first-order valence-corrected chi connectivity index (χ1v) is 11.0. The molecule has 3 aromatic carbocycles. The molecule has 5 heteroatoms. The van der Waals surface area contributed by atoms with Crippen LogP contribution in [-0.4, -0.2) is 27.0 Å². The lowest BCUT2D eigenvalue weighted by atomic mass is 9.87. The second-order valence-electron chi connectivity index (χ2n) is 9.23. The molecule has 0 amide bonds. The first kappa shape index (κ1) is 21.9. The predicted octanol–water partition coefficient (Wildman–Crippen LogP) is 4.71. The van der Waals surface area contributed by atoms with Crippen LogP contribution in [0.1, 0.15) is 31.9 Å². The number of aliphatic hydroxyl groups excluding tert-OH is 1. The van der Waals surface area contributed by atoms with Crippen LogP contribution in [0.5, 0.6) is 5.75 Å². The number of hydrogen-bond donors (Lipinski definition) is 2. The van der Waals surface area contributed by atoms with Crippen molar-refractivity contribution in [3.05, 3.63) is 95.6 Å². The summed E-state index contributed by atoms with van der Waals surface area (Å²) in [5.74, 6) is 0.726. The molecule has 0 fully saturated rings. The predicted molar refractivity (Wildman–Crippen MR) is 128 cm³/mol. The van der Waals surface area contributed by atoms with Gasteiger partial charge in [0, 0.05) is 0 Å². The summed E-state index contributed by atoms with van der Waals surface area (Å²) in [4.78, 5) is 0. The van der Waals surface area contributed by atoms with E-state index in [-0.39, 0.29) is 12.0 Å². The minimum atomic E-state index is -0.727. The lowest BCUT2D eigenvalue weighted by Gasteiger charge is -2.19. The van der Waals surface area contributed by atoms with Crippen LogP contribution in [0, 0.1) is 5.41 Å². The summed E-state index contributed by atoms with van der Waals surface area (Å²) in [6, 6.07) is 26.1. The van der Waals surface area contributed by atoms with E-state index in [4.69, 9.17) is 10.1 Å². The van der Waals surface area contributed by atoms with Gasteiger partial charge in [-0.2, -0.15) is 0 Å². The molecule has 0 aliphatic heterocycles. The maximum atomic E-state index is 10.6. The Bertz CT molecular complexity index is 1230. The zero-order valence-electron chi connectivity index (χ0n) is 19.0. The molecule has 0 radical (unpaired) electrons. The first-order valence-electron chi connectivity index (χ1n) is 11.0. The Labute approximate surface area is 189 Å². The van der Waals surface area contributed by atoms with Crippen molar-refractivity contribution in [1.82, 2.24) is 9.13 Å².